The van der Waals surface area contributed by atoms with Crippen LogP contribution in [0, 0.1) is 0 Å². The maximum Gasteiger partial charge on any atom is 1.00 e. The van der Waals surface area contributed by atoms with Gasteiger partial charge in [-0.25, -0.2) is 0 Å². The van der Waals surface area contributed by atoms with Crippen LogP contribution in [0.25, 0.3) is 0 Å². The van der Waals surface area contributed by atoms with Gasteiger partial charge in [0.15, 0.2) is 0 Å². The predicted octanol–water partition coefficient (Wildman–Crippen LogP) is 1.18. The van der Waals surface area contributed by atoms with Gasteiger partial charge in [0.05, 0.1) is 0 Å². The Balaban J connectivity index is 0.00000225. The smallest absolute Gasteiger partial charge is 0.395 e. The minimum absolute atomic E-state index is 0. The number of nitrogens with zero attached hydrogens (tertiary/aromatic N) is 1. The molecule has 1 aromatic heterocycles. The topological polar surface area (TPSA) is 12.9 Å². The van der Waals surface area contributed by atoms with Crippen LogP contribution in [0.1, 0.15) is 65.8 Å². The molecule has 0 saturated carbocycles. The van der Waals surface area contributed by atoms with Gasteiger partial charge in [0.2, 0.25) is 0 Å². The second-order valence-electron chi connectivity index (χ2n) is 5.69. The summed E-state index contributed by atoms with van der Waals surface area (Å²) >= 11 is 0. The molecule has 0 spiro atoms. The molecule has 0 aliphatic rings. The SMILES string of the molecule is CCC(C)(C)c1cc[c-](C(C)(C)CC)n1.[Li+]. The summed E-state index contributed by atoms with van der Waals surface area (Å²) in [5, 5.41) is 0. The Kier molecular flexibility index (Phi) is 5.43. The fourth-order valence-corrected chi connectivity index (χ4v) is 1.48. The van der Waals surface area contributed by atoms with E-state index in [0.29, 0.717) is 0 Å². The number of hydrogen-bond acceptors (Lipinski definition) is 1. The van der Waals surface area contributed by atoms with Gasteiger partial charge in [-0.1, -0.05) is 60.1 Å². The number of aromatic nitrogens is 1. The van der Waals surface area contributed by atoms with Crippen LogP contribution < -0.4 is 18.9 Å². The molecule has 0 radical (unpaired) electrons. The van der Waals surface area contributed by atoms with Gasteiger partial charge in [0.1, 0.15) is 0 Å². The maximum atomic E-state index is 4.80. The summed E-state index contributed by atoms with van der Waals surface area (Å²) in [6.45, 7) is 13.5. The van der Waals surface area contributed by atoms with Crippen LogP contribution in [-0.2, 0) is 10.8 Å². The Labute approximate surface area is 113 Å². The van der Waals surface area contributed by atoms with Crippen LogP contribution in [0.2, 0.25) is 0 Å². The third kappa shape index (κ3) is 3.19. The van der Waals surface area contributed by atoms with Crippen LogP contribution in [0.5, 0.6) is 0 Å². The predicted molar refractivity (Wildman–Crippen MR) is 66.5 cm³/mol. The second kappa shape index (κ2) is 5.47. The van der Waals surface area contributed by atoms with Crippen molar-refractivity contribution in [3.63, 3.8) is 0 Å². The Hall–Kier alpha value is -0.123. The first-order chi connectivity index (χ1) is 6.83. The van der Waals surface area contributed by atoms with E-state index in [9.17, 15) is 0 Å². The summed E-state index contributed by atoms with van der Waals surface area (Å²) in [6, 6.07) is 4.38. The molecule has 0 aromatic carbocycles. The summed E-state index contributed by atoms with van der Waals surface area (Å²) in [4.78, 5) is 4.80. The quantitative estimate of drug-likeness (QED) is 0.540. The van der Waals surface area contributed by atoms with E-state index in [1.807, 2.05) is 0 Å². The Morgan fingerprint density at radius 1 is 1.12 bits per heavy atom. The largest absolute Gasteiger partial charge is 1.00 e. The van der Waals surface area contributed by atoms with Crippen LogP contribution in [-0.4, -0.2) is 4.98 Å². The molecule has 1 heterocycles. The molecule has 0 fully saturated rings. The van der Waals surface area contributed by atoms with Gasteiger partial charge in [0.25, 0.3) is 0 Å². The third-order valence-electron chi connectivity index (χ3n) is 3.79. The zero-order valence-electron chi connectivity index (χ0n) is 12.0. The van der Waals surface area contributed by atoms with Gasteiger partial charge < -0.3 is 4.98 Å². The van der Waals surface area contributed by atoms with Crippen molar-refractivity contribution in [2.24, 2.45) is 0 Å². The molecule has 0 amide bonds. The Bertz CT molecular complexity index is 293. The number of rotatable bonds is 4. The Morgan fingerprint density at radius 2 is 1.69 bits per heavy atom. The van der Waals surface area contributed by atoms with E-state index in [2.05, 4.69) is 53.7 Å². The molecule has 86 valence electrons. The van der Waals surface area contributed by atoms with Crippen LogP contribution in [0.3, 0.4) is 0 Å². The van der Waals surface area contributed by atoms with E-state index in [1.54, 1.807) is 0 Å². The van der Waals surface area contributed by atoms with Gasteiger partial charge >= 0.3 is 18.9 Å². The molecule has 0 atom stereocenters. The molecule has 16 heavy (non-hydrogen) atoms. The first kappa shape index (κ1) is 15.9. The first-order valence-electron chi connectivity index (χ1n) is 5.98. The van der Waals surface area contributed by atoms with Crippen LogP contribution in [0.15, 0.2) is 12.1 Å². The molecule has 1 rings (SSSR count). The summed E-state index contributed by atoms with van der Waals surface area (Å²) in [6.07, 6.45) is 2.27. The van der Waals surface area contributed by atoms with Crippen molar-refractivity contribution in [3.8, 4) is 0 Å². The maximum absolute atomic E-state index is 4.80. The van der Waals surface area contributed by atoms with Crippen LogP contribution in [0.4, 0.5) is 0 Å². The van der Waals surface area contributed by atoms with Crippen molar-refractivity contribution in [1.82, 2.24) is 4.98 Å². The molecule has 0 N–H and O–H groups in total. The summed E-state index contributed by atoms with van der Waals surface area (Å²) in [5.74, 6) is 0. The van der Waals surface area contributed by atoms with Gasteiger partial charge in [-0.15, -0.1) is 5.69 Å². The molecular weight excluding hydrogens is 189 g/mol. The normalized spacial score (nSPS) is 12.4. The molecule has 0 unspecified atom stereocenters. The second-order valence-corrected chi connectivity index (χ2v) is 5.69. The van der Waals surface area contributed by atoms with E-state index in [-0.39, 0.29) is 29.7 Å². The average Bonchev–Trinajstić information content (AvgIpc) is 2.67. The van der Waals surface area contributed by atoms with Crippen molar-refractivity contribution in [2.45, 2.75) is 65.2 Å². The fourth-order valence-electron chi connectivity index (χ4n) is 1.48. The van der Waals surface area contributed by atoms with Gasteiger partial charge in [0, 0.05) is 0 Å². The fraction of sp³-hybridized carbons (Fsp3) is 0.714. The van der Waals surface area contributed by atoms with E-state index < -0.39 is 0 Å². The van der Waals surface area contributed by atoms with E-state index in [1.165, 1.54) is 11.4 Å². The van der Waals surface area contributed by atoms with Gasteiger partial charge in [-0.05, 0) is 10.8 Å². The molecule has 0 aliphatic heterocycles. The Morgan fingerprint density at radius 3 is 2.12 bits per heavy atom. The molecule has 1 aromatic rings. The molecular formula is C14H24LiN. The van der Waals surface area contributed by atoms with Crippen molar-refractivity contribution < 1.29 is 18.9 Å². The van der Waals surface area contributed by atoms with Gasteiger partial charge in [-0.3, -0.25) is 0 Å². The van der Waals surface area contributed by atoms with Crippen molar-refractivity contribution in [1.29, 1.82) is 0 Å². The zero-order chi connectivity index (χ0) is 11.7. The standard InChI is InChI=1S/C14H24N.Li/c1-7-13(3,4)11-9-10-12(15-11)14(5,6)8-2;/h9-10H,7-8H2,1-6H3;/q-1;+1. The third-order valence-corrected chi connectivity index (χ3v) is 3.79. The van der Waals surface area contributed by atoms with E-state index >= 15 is 0 Å². The summed E-state index contributed by atoms with van der Waals surface area (Å²) in [5.41, 5.74) is 2.90. The molecule has 2 heteroatoms. The van der Waals surface area contributed by atoms with E-state index in [4.69, 9.17) is 4.98 Å². The van der Waals surface area contributed by atoms with Crippen molar-refractivity contribution in [3.05, 3.63) is 23.5 Å². The van der Waals surface area contributed by atoms with E-state index in [0.717, 1.165) is 12.8 Å². The van der Waals surface area contributed by atoms with Crippen LogP contribution >= 0.6 is 0 Å². The first-order valence-corrected chi connectivity index (χ1v) is 5.98. The minimum atomic E-state index is 0. The molecule has 0 aliphatic carbocycles. The molecule has 0 saturated heterocycles. The molecule has 1 nitrogen and oxygen atoms in total. The number of hydrogen-bond donors (Lipinski definition) is 0. The monoisotopic (exact) mass is 213 g/mol. The summed E-state index contributed by atoms with van der Waals surface area (Å²) < 4.78 is 0. The van der Waals surface area contributed by atoms with Crippen molar-refractivity contribution in [2.75, 3.05) is 0 Å². The van der Waals surface area contributed by atoms with Crippen molar-refractivity contribution >= 4 is 0 Å². The minimum Gasteiger partial charge on any atom is -0.395 e. The van der Waals surface area contributed by atoms with Gasteiger partial charge in [-0.2, -0.15) is 12.1 Å². The molecule has 0 bridgehead atoms. The average molecular weight is 213 g/mol. The zero-order valence-corrected chi connectivity index (χ0v) is 12.0. The summed E-state index contributed by atoms with van der Waals surface area (Å²) in [7, 11) is 0.